The van der Waals surface area contributed by atoms with E-state index in [0.717, 1.165) is 38.1 Å². The van der Waals surface area contributed by atoms with E-state index in [0.29, 0.717) is 10.8 Å². The lowest BCUT2D eigenvalue weighted by Crippen LogP contribution is -2.38. The number of para-hydroxylation sites is 2. The molecule has 0 saturated heterocycles. The normalized spacial score (nSPS) is 13.0. The summed E-state index contributed by atoms with van der Waals surface area (Å²) in [7, 11) is 0. The van der Waals surface area contributed by atoms with Gasteiger partial charge in [0.05, 0.1) is 16.3 Å². The number of fused-ring (bicyclic) bond motifs is 4. The molecule has 2 heterocycles. The van der Waals surface area contributed by atoms with Crippen LogP contribution in [0.1, 0.15) is 6.92 Å². The molecule has 3 nitrogen and oxygen atoms in total. The summed E-state index contributed by atoms with van der Waals surface area (Å²) >= 11 is 0. The highest BCUT2D eigenvalue weighted by Gasteiger charge is 2.14. The summed E-state index contributed by atoms with van der Waals surface area (Å²) in [5.74, 6) is 0. The Morgan fingerprint density at radius 3 is 2.38 bits per heavy atom. The fraction of sp³-hybridized carbons (Fsp3) is 0.0385. The van der Waals surface area contributed by atoms with Crippen LogP contribution in [0, 0.1) is 0 Å². The van der Waals surface area contributed by atoms with E-state index < -0.39 is 0 Å². The first-order valence-electron chi connectivity index (χ1n) is 9.57. The highest BCUT2D eigenvalue weighted by molar-refractivity contribution is 6.13. The standard InChI is InChI=1S/C26H19NO2/c1-3-10-20-18(4-2)22-15-21-19-13-8-9-14-23(19)27(17-11-6-5-7-12-17)24(21)16-25(22)29-26(20)28/h3-16H,1H2,2H3/b18-4+,20-10+. The van der Waals surface area contributed by atoms with Crippen LogP contribution in [0.2, 0.25) is 0 Å². The topological polar surface area (TPSA) is 35.1 Å². The van der Waals surface area contributed by atoms with Gasteiger partial charge in [-0.15, -0.1) is 0 Å². The maximum Gasteiger partial charge on any atom is 0.344 e. The first-order valence-corrected chi connectivity index (χ1v) is 9.57. The lowest BCUT2D eigenvalue weighted by molar-refractivity contribution is 0.554. The van der Waals surface area contributed by atoms with Crippen LogP contribution in [-0.4, -0.2) is 4.57 Å². The third-order valence-corrected chi connectivity index (χ3v) is 5.36. The second-order valence-electron chi connectivity index (χ2n) is 6.96. The molecule has 3 heteroatoms. The molecule has 0 N–H and O–H groups in total. The zero-order valence-corrected chi connectivity index (χ0v) is 16.1. The van der Waals surface area contributed by atoms with E-state index in [1.165, 1.54) is 0 Å². The maximum absolute atomic E-state index is 12.6. The monoisotopic (exact) mass is 377 g/mol. The van der Waals surface area contributed by atoms with Gasteiger partial charge in [-0.1, -0.05) is 55.1 Å². The van der Waals surface area contributed by atoms with E-state index in [9.17, 15) is 4.79 Å². The molecule has 0 amide bonds. The summed E-state index contributed by atoms with van der Waals surface area (Å²) in [5.41, 5.74) is 3.42. The zero-order valence-electron chi connectivity index (χ0n) is 16.1. The minimum atomic E-state index is -0.354. The van der Waals surface area contributed by atoms with E-state index >= 15 is 0 Å². The van der Waals surface area contributed by atoms with Gasteiger partial charge in [-0.05, 0) is 42.5 Å². The smallest absolute Gasteiger partial charge is 0.344 e. The van der Waals surface area contributed by atoms with E-state index in [2.05, 4.69) is 47.5 Å². The Morgan fingerprint density at radius 1 is 0.862 bits per heavy atom. The number of hydrogen-bond acceptors (Lipinski definition) is 2. The first-order chi connectivity index (χ1) is 14.2. The Hall–Kier alpha value is -3.85. The van der Waals surface area contributed by atoms with Crippen LogP contribution in [0.4, 0.5) is 0 Å². The summed E-state index contributed by atoms with van der Waals surface area (Å²) in [4.78, 5) is 12.6. The van der Waals surface area contributed by atoms with Crippen molar-refractivity contribution >= 4 is 44.9 Å². The van der Waals surface area contributed by atoms with Crippen LogP contribution in [-0.2, 0) is 0 Å². The lowest BCUT2D eigenvalue weighted by atomic mass is 10.1. The predicted molar refractivity (Wildman–Crippen MR) is 121 cm³/mol. The number of allylic oxidation sites excluding steroid dienone is 1. The van der Waals surface area contributed by atoms with Crippen molar-refractivity contribution in [3.8, 4) is 5.69 Å². The number of benzene rings is 3. The Kier molecular flexibility index (Phi) is 3.95. The highest BCUT2D eigenvalue weighted by atomic mass is 16.4. The Labute approximate surface area is 167 Å². The van der Waals surface area contributed by atoms with Crippen molar-refractivity contribution < 1.29 is 4.42 Å². The molecule has 140 valence electrons. The van der Waals surface area contributed by atoms with E-state index in [1.807, 2.05) is 43.3 Å². The number of rotatable bonds is 2. The minimum absolute atomic E-state index is 0.354. The largest absolute Gasteiger partial charge is 0.422 e. The molecule has 0 radical (unpaired) electrons. The van der Waals surface area contributed by atoms with Gasteiger partial charge in [-0.3, -0.25) is 0 Å². The highest BCUT2D eigenvalue weighted by Crippen LogP contribution is 2.33. The fourth-order valence-electron chi connectivity index (χ4n) is 4.14. The van der Waals surface area contributed by atoms with Gasteiger partial charge in [0.2, 0.25) is 0 Å². The van der Waals surface area contributed by atoms with Gasteiger partial charge < -0.3 is 8.98 Å². The molecule has 0 aliphatic heterocycles. The first kappa shape index (κ1) is 17.3. The molecule has 2 aromatic heterocycles. The molecule has 0 unspecified atom stereocenters. The number of aromatic nitrogens is 1. The van der Waals surface area contributed by atoms with Gasteiger partial charge in [0, 0.05) is 27.9 Å². The average molecular weight is 377 g/mol. The molecule has 0 aliphatic carbocycles. The van der Waals surface area contributed by atoms with Crippen LogP contribution in [0.25, 0.3) is 50.6 Å². The third-order valence-electron chi connectivity index (χ3n) is 5.36. The van der Waals surface area contributed by atoms with Crippen LogP contribution >= 0.6 is 0 Å². The molecular formula is C26H19NO2. The van der Waals surface area contributed by atoms with Crippen LogP contribution in [0.15, 0.2) is 88.6 Å². The molecule has 0 spiro atoms. The fourth-order valence-corrected chi connectivity index (χ4v) is 4.14. The van der Waals surface area contributed by atoms with Crippen molar-refractivity contribution in [3.05, 3.63) is 100 Å². The van der Waals surface area contributed by atoms with Gasteiger partial charge >= 0.3 is 5.63 Å². The second-order valence-corrected chi connectivity index (χ2v) is 6.96. The molecule has 5 aromatic rings. The lowest BCUT2D eigenvalue weighted by Gasteiger charge is -2.08. The molecule has 0 fully saturated rings. The average Bonchev–Trinajstić information content (AvgIpc) is 3.07. The van der Waals surface area contributed by atoms with Crippen molar-refractivity contribution in [2.75, 3.05) is 0 Å². The van der Waals surface area contributed by atoms with E-state index in [4.69, 9.17) is 4.42 Å². The van der Waals surface area contributed by atoms with Gasteiger partial charge in [0.25, 0.3) is 0 Å². The molecule has 5 rings (SSSR count). The van der Waals surface area contributed by atoms with Crippen LogP contribution < -0.4 is 16.1 Å². The SMILES string of the molecule is C=C/C=c1/c(=O)oc2cc3c(cc2/c1=C/C)c1ccccc1n3-c1ccccc1. The Balaban J connectivity index is 2.05. The number of hydrogen-bond donors (Lipinski definition) is 0. The second kappa shape index (κ2) is 6.64. The molecular weight excluding hydrogens is 358 g/mol. The summed E-state index contributed by atoms with van der Waals surface area (Å²) in [6.45, 7) is 5.66. The molecule has 3 aromatic carbocycles. The Bertz CT molecular complexity index is 1590. The zero-order chi connectivity index (χ0) is 20.0. The predicted octanol–water partition coefficient (Wildman–Crippen LogP) is 4.66. The molecule has 29 heavy (non-hydrogen) atoms. The maximum atomic E-state index is 12.6. The molecule has 0 atom stereocenters. The van der Waals surface area contributed by atoms with Gasteiger partial charge in [-0.2, -0.15) is 0 Å². The van der Waals surface area contributed by atoms with Crippen molar-refractivity contribution in [3.63, 3.8) is 0 Å². The van der Waals surface area contributed by atoms with Crippen LogP contribution in [0.5, 0.6) is 0 Å². The summed E-state index contributed by atoms with van der Waals surface area (Å²) in [6, 6.07) is 22.7. The summed E-state index contributed by atoms with van der Waals surface area (Å²) < 4.78 is 7.93. The van der Waals surface area contributed by atoms with Crippen LogP contribution in [0.3, 0.4) is 0 Å². The molecule has 0 aliphatic rings. The number of nitrogens with zero attached hydrogens (tertiary/aromatic N) is 1. The van der Waals surface area contributed by atoms with E-state index in [-0.39, 0.29) is 5.63 Å². The van der Waals surface area contributed by atoms with Crippen molar-refractivity contribution in [2.45, 2.75) is 6.92 Å². The Morgan fingerprint density at radius 2 is 1.62 bits per heavy atom. The van der Waals surface area contributed by atoms with E-state index in [1.54, 1.807) is 12.2 Å². The van der Waals surface area contributed by atoms with Gasteiger partial charge in [0.15, 0.2) is 0 Å². The minimum Gasteiger partial charge on any atom is -0.422 e. The van der Waals surface area contributed by atoms with Crippen molar-refractivity contribution in [1.29, 1.82) is 0 Å². The summed E-state index contributed by atoms with van der Waals surface area (Å²) in [5, 5.41) is 4.61. The van der Waals surface area contributed by atoms with Gasteiger partial charge in [0.1, 0.15) is 5.58 Å². The molecule has 0 saturated carbocycles. The third kappa shape index (κ3) is 2.55. The van der Waals surface area contributed by atoms with Crippen molar-refractivity contribution in [2.24, 2.45) is 0 Å². The quantitative estimate of drug-likeness (QED) is 0.420. The molecule has 0 bridgehead atoms. The summed E-state index contributed by atoms with van der Waals surface area (Å²) in [6.07, 6.45) is 5.28. The van der Waals surface area contributed by atoms with Gasteiger partial charge in [-0.25, -0.2) is 4.79 Å². The van der Waals surface area contributed by atoms with Crippen molar-refractivity contribution in [1.82, 2.24) is 4.57 Å².